The van der Waals surface area contributed by atoms with Gasteiger partial charge in [0.05, 0.1) is 5.69 Å². The molecule has 0 spiro atoms. The fraction of sp³-hybridized carbons (Fsp3) is 0.429. The molecule has 1 saturated heterocycles. The SMILES string of the molecule is CC(C)(C)c1ccc(C2CC(N)CN(c3ccc(F)cc3F)C2)cc1. The minimum Gasteiger partial charge on any atom is -0.367 e. The minimum atomic E-state index is -0.558. The van der Waals surface area contributed by atoms with Crippen LogP contribution in [0.3, 0.4) is 0 Å². The van der Waals surface area contributed by atoms with Gasteiger partial charge in [0.15, 0.2) is 0 Å². The lowest BCUT2D eigenvalue weighted by Gasteiger charge is -2.38. The molecule has 2 atom stereocenters. The van der Waals surface area contributed by atoms with Crippen molar-refractivity contribution in [3.8, 4) is 0 Å². The summed E-state index contributed by atoms with van der Waals surface area (Å²) in [6.07, 6.45) is 0.869. The van der Waals surface area contributed by atoms with Crippen molar-refractivity contribution in [2.24, 2.45) is 5.73 Å². The molecule has 1 fully saturated rings. The standard InChI is InChI=1S/C21H26F2N2/c1-21(2,3)16-6-4-14(5-7-16)15-10-18(24)13-25(12-15)20-9-8-17(22)11-19(20)23/h4-9,11,15,18H,10,12-13,24H2,1-3H3. The molecule has 0 saturated carbocycles. The molecule has 1 heterocycles. The second-order valence-electron chi connectivity index (χ2n) is 8.07. The molecule has 0 radical (unpaired) electrons. The summed E-state index contributed by atoms with van der Waals surface area (Å²) in [7, 11) is 0. The van der Waals surface area contributed by atoms with Gasteiger partial charge in [-0.2, -0.15) is 0 Å². The van der Waals surface area contributed by atoms with E-state index in [9.17, 15) is 8.78 Å². The van der Waals surface area contributed by atoms with Crippen molar-refractivity contribution in [3.63, 3.8) is 0 Å². The average Bonchev–Trinajstić information content (AvgIpc) is 2.53. The zero-order chi connectivity index (χ0) is 18.2. The Morgan fingerprint density at radius 2 is 1.68 bits per heavy atom. The number of piperidine rings is 1. The van der Waals surface area contributed by atoms with Crippen LogP contribution in [0.1, 0.15) is 44.2 Å². The van der Waals surface area contributed by atoms with Crippen LogP contribution in [0.25, 0.3) is 0 Å². The van der Waals surface area contributed by atoms with E-state index in [0.717, 1.165) is 12.5 Å². The molecule has 3 rings (SSSR count). The quantitative estimate of drug-likeness (QED) is 0.864. The van der Waals surface area contributed by atoms with Gasteiger partial charge in [0.2, 0.25) is 0 Å². The topological polar surface area (TPSA) is 29.3 Å². The summed E-state index contributed by atoms with van der Waals surface area (Å²) in [6.45, 7) is 7.84. The molecule has 0 aliphatic carbocycles. The van der Waals surface area contributed by atoms with Gasteiger partial charge in [0.25, 0.3) is 0 Å². The molecule has 1 aliphatic heterocycles. The first-order valence-corrected chi connectivity index (χ1v) is 8.80. The van der Waals surface area contributed by atoms with Gasteiger partial charge in [0, 0.05) is 31.1 Å². The lowest BCUT2D eigenvalue weighted by Crippen LogP contribution is -2.46. The fourth-order valence-electron chi connectivity index (χ4n) is 3.57. The molecule has 4 heteroatoms. The molecular weight excluding hydrogens is 318 g/mol. The van der Waals surface area contributed by atoms with Gasteiger partial charge in [0.1, 0.15) is 11.6 Å². The van der Waals surface area contributed by atoms with E-state index in [2.05, 4.69) is 45.0 Å². The van der Waals surface area contributed by atoms with Crippen LogP contribution < -0.4 is 10.6 Å². The smallest absolute Gasteiger partial charge is 0.149 e. The molecule has 25 heavy (non-hydrogen) atoms. The van der Waals surface area contributed by atoms with E-state index in [0.29, 0.717) is 18.8 Å². The number of hydrogen-bond acceptors (Lipinski definition) is 2. The van der Waals surface area contributed by atoms with Crippen LogP contribution in [-0.4, -0.2) is 19.1 Å². The number of halogens is 2. The van der Waals surface area contributed by atoms with Crippen LogP contribution in [0, 0.1) is 11.6 Å². The van der Waals surface area contributed by atoms with Crippen LogP contribution in [0.5, 0.6) is 0 Å². The average molecular weight is 344 g/mol. The highest BCUT2D eigenvalue weighted by Crippen LogP contribution is 2.32. The van der Waals surface area contributed by atoms with Crippen molar-refractivity contribution in [1.29, 1.82) is 0 Å². The number of nitrogens with zero attached hydrogens (tertiary/aromatic N) is 1. The van der Waals surface area contributed by atoms with Crippen molar-refractivity contribution in [2.45, 2.75) is 44.6 Å². The fourth-order valence-corrected chi connectivity index (χ4v) is 3.57. The van der Waals surface area contributed by atoms with Crippen LogP contribution >= 0.6 is 0 Å². The van der Waals surface area contributed by atoms with E-state index >= 15 is 0 Å². The van der Waals surface area contributed by atoms with Gasteiger partial charge in [-0.15, -0.1) is 0 Å². The summed E-state index contributed by atoms with van der Waals surface area (Å²) in [4.78, 5) is 1.94. The summed E-state index contributed by atoms with van der Waals surface area (Å²) in [5.74, 6) is -0.852. The van der Waals surface area contributed by atoms with Crippen molar-refractivity contribution in [1.82, 2.24) is 0 Å². The number of hydrogen-bond donors (Lipinski definition) is 1. The Labute approximate surface area is 148 Å². The number of anilines is 1. The van der Waals surface area contributed by atoms with Crippen LogP contribution in [-0.2, 0) is 5.41 Å². The molecule has 2 aromatic rings. The molecule has 1 aliphatic rings. The van der Waals surface area contributed by atoms with Gasteiger partial charge in [-0.05, 0) is 35.1 Å². The Balaban J connectivity index is 1.83. The van der Waals surface area contributed by atoms with Crippen molar-refractivity contribution in [2.75, 3.05) is 18.0 Å². The van der Waals surface area contributed by atoms with Gasteiger partial charge in [-0.1, -0.05) is 45.0 Å². The van der Waals surface area contributed by atoms with E-state index in [1.807, 2.05) is 4.90 Å². The van der Waals surface area contributed by atoms with Crippen LogP contribution in [0.2, 0.25) is 0 Å². The lowest BCUT2D eigenvalue weighted by molar-refractivity contribution is 0.448. The maximum absolute atomic E-state index is 14.2. The second kappa shape index (κ2) is 6.75. The Morgan fingerprint density at radius 3 is 2.28 bits per heavy atom. The predicted octanol–water partition coefficient (Wildman–Crippen LogP) is 4.58. The van der Waals surface area contributed by atoms with Gasteiger partial charge in [-0.3, -0.25) is 0 Å². The number of rotatable bonds is 2. The summed E-state index contributed by atoms with van der Waals surface area (Å²) in [5.41, 5.74) is 9.28. The van der Waals surface area contributed by atoms with E-state index < -0.39 is 11.6 Å². The highest BCUT2D eigenvalue weighted by Gasteiger charge is 2.28. The molecule has 2 N–H and O–H groups in total. The van der Waals surface area contributed by atoms with Crippen molar-refractivity contribution >= 4 is 5.69 Å². The van der Waals surface area contributed by atoms with Gasteiger partial charge >= 0.3 is 0 Å². The first kappa shape index (κ1) is 17.9. The van der Waals surface area contributed by atoms with E-state index in [-0.39, 0.29) is 17.4 Å². The van der Waals surface area contributed by atoms with Crippen molar-refractivity contribution in [3.05, 3.63) is 65.2 Å². The van der Waals surface area contributed by atoms with Gasteiger partial charge < -0.3 is 10.6 Å². The van der Waals surface area contributed by atoms with Crippen LogP contribution in [0.4, 0.5) is 14.5 Å². The van der Waals surface area contributed by atoms with E-state index in [1.54, 1.807) is 0 Å². The molecule has 134 valence electrons. The summed E-state index contributed by atoms with van der Waals surface area (Å²) >= 11 is 0. The maximum Gasteiger partial charge on any atom is 0.149 e. The van der Waals surface area contributed by atoms with Crippen LogP contribution in [0.15, 0.2) is 42.5 Å². The highest BCUT2D eigenvalue weighted by molar-refractivity contribution is 5.49. The summed E-state index contributed by atoms with van der Waals surface area (Å²) in [6, 6.07) is 12.3. The van der Waals surface area contributed by atoms with E-state index in [4.69, 9.17) is 5.73 Å². The van der Waals surface area contributed by atoms with Crippen molar-refractivity contribution < 1.29 is 8.78 Å². The Hall–Kier alpha value is -1.94. The molecule has 2 unspecified atom stereocenters. The summed E-state index contributed by atoms with van der Waals surface area (Å²) < 4.78 is 27.3. The lowest BCUT2D eigenvalue weighted by atomic mass is 9.83. The Kier molecular flexibility index (Phi) is 4.83. The van der Waals surface area contributed by atoms with Gasteiger partial charge in [-0.25, -0.2) is 8.78 Å². The zero-order valence-electron chi connectivity index (χ0n) is 15.1. The third kappa shape index (κ3) is 4.01. The zero-order valence-corrected chi connectivity index (χ0v) is 15.1. The second-order valence-corrected chi connectivity index (χ2v) is 8.07. The summed E-state index contributed by atoms with van der Waals surface area (Å²) in [5, 5.41) is 0. The van der Waals surface area contributed by atoms with E-state index in [1.165, 1.54) is 23.3 Å². The first-order chi connectivity index (χ1) is 11.7. The molecular formula is C21H26F2N2. The minimum absolute atomic E-state index is 0.0366. The molecule has 0 amide bonds. The molecule has 2 aromatic carbocycles. The first-order valence-electron chi connectivity index (χ1n) is 8.80. The highest BCUT2D eigenvalue weighted by atomic mass is 19.1. The third-order valence-corrected chi connectivity index (χ3v) is 4.98. The third-order valence-electron chi connectivity index (χ3n) is 4.98. The molecule has 0 aromatic heterocycles. The Morgan fingerprint density at radius 1 is 1.00 bits per heavy atom. The molecule has 2 nitrogen and oxygen atoms in total. The predicted molar refractivity (Wildman–Crippen MR) is 99.0 cm³/mol. The normalized spacial score (nSPS) is 21.4. The molecule has 0 bridgehead atoms. The maximum atomic E-state index is 14.2. The monoisotopic (exact) mass is 344 g/mol. The number of nitrogens with two attached hydrogens (primary N) is 1. The number of benzene rings is 2. The Bertz CT molecular complexity index is 735. The largest absolute Gasteiger partial charge is 0.367 e.